The molecular weight excluding hydrogens is 262 g/mol. The topological polar surface area (TPSA) is 50.4 Å². The van der Waals surface area contributed by atoms with Crippen molar-refractivity contribution in [2.24, 2.45) is 10.8 Å². The van der Waals surface area contributed by atoms with Crippen LogP contribution in [0.4, 0.5) is 0 Å². The summed E-state index contributed by atoms with van der Waals surface area (Å²) in [4.78, 5) is 0. The normalized spacial score (nSPS) is 10.4. The van der Waals surface area contributed by atoms with Crippen LogP contribution in [0.5, 0.6) is 0 Å². The first-order valence-electron chi connectivity index (χ1n) is 3.94. The maximum Gasteiger partial charge on any atom is 0.184 e. The highest BCUT2D eigenvalue weighted by Crippen LogP contribution is 2.15. The Morgan fingerprint density at radius 3 is 2.93 bits per heavy atom. The van der Waals surface area contributed by atoms with Crippen molar-refractivity contribution in [3.8, 4) is 0 Å². The number of halogens is 1. The van der Waals surface area contributed by atoms with Crippen molar-refractivity contribution < 1.29 is 0 Å². The Morgan fingerprint density at radius 2 is 2.36 bits per heavy atom. The summed E-state index contributed by atoms with van der Waals surface area (Å²) in [7, 11) is 0. The van der Waals surface area contributed by atoms with E-state index in [0.717, 1.165) is 15.6 Å². The monoisotopic (exact) mass is 271 g/mol. The molecule has 0 aliphatic carbocycles. The van der Waals surface area contributed by atoms with Crippen molar-refractivity contribution in [2.75, 3.05) is 0 Å². The third-order valence-electron chi connectivity index (χ3n) is 1.57. The first-order valence-corrected chi connectivity index (χ1v) is 5.14. The predicted octanol–water partition coefficient (Wildman–Crippen LogP) is 1.92. The highest BCUT2D eigenvalue weighted by molar-refractivity contribution is 9.10. The minimum absolute atomic E-state index is 0.162. The van der Waals surface area contributed by atoms with Gasteiger partial charge in [-0.25, -0.2) is 0 Å². The number of hydrogen-bond acceptors (Lipinski definition) is 2. The van der Waals surface area contributed by atoms with E-state index in [4.69, 9.17) is 5.73 Å². The first-order chi connectivity index (χ1) is 6.59. The zero-order chi connectivity index (χ0) is 10.6. The van der Waals surface area contributed by atoms with Gasteiger partial charge in [0.05, 0.1) is 6.21 Å². The molecule has 0 bridgehead atoms. The number of benzene rings is 1. The third kappa shape index (κ3) is 3.43. The van der Waals surface area contributed by atoms with E-state index in [1.165, 1.54) is 0 Å². The molecule has 3 N–H and O–H groups in total. The standard InChI is InChI=1S/C9H10BrN3S/c1-6-4-7(2-3-8(6)10)5-12-13-9(11)14/h2-5H,1H3,(H3,11,13,14). The molecule has 0 radical (unpaired) electrons. The molecule has 1 aromatic carbocycles. The number of hydrazone groups is 1. The van der Waals surface area contributed by atoms with E-state index < -0.39 is 0 Å². The lowest BCUT2D eigenvalue weighted by Crippen LogP contribution is -2.23. The molecule has 0 amide bonds. The molecule has 3 nitrogen and oxygen atoms in total. The Morgan fingerprint density at radius 1 is 1.64 bits per heavy atom. The lowest BCUT2D eigenvalue weighted by molar-refractivity contribution is 1.04. The van der Waals surface area contributed by atoms with Crippen molar-refractivity contribution in [1.82, 2.24) is 5.43 Å². The molecule has 0 spiro atoms. The minimum Gasteiger partial charge on any atom is -0.375 e. The second kappa shape index (κ2) is 5.07. The van der Waals surface area contributed by atoms with Gasteiger partial charge in [-0.15, -0.1) is 0 Å². The first kappa shape index (κ1) is 11.1. The molecule has 5 heteroatoms. The van der Waals surface area contributed by atoms with Gasteiger partial charge in [-0.3, -0.25) is 5.43 Å². The second-order valence-electron chi connectivity index (χ2n) is 2.74. The summed E-state index contributed by atoms with van der Waals surface area (Å²) in [6.07, 6.45) is 1.67. The Bertz CT molecular complexity index is 376. The van der Waals surface area contributed by atoms with Gasteiger partial charge in [-0.05, 0) is 42.4 Å². The van der Waals surface area contributed by atoms with Crippen LogP contribution in [0.25, 0.3) is 0 Å². The van der Waals surface area contributed by atoms with Gasteiger partial charge in [0.1, 0.15) is 0 Å². The lowest BCUT2D eigenvalue weighted by atomic mass is 10.2. The molecule has 0 fully saturated rings. The fraction of sp³-hybridized carbons (Fsp3) is 0.111. The highest BCUT2D eigenvalue weighted by Gasteiger charge is 1.94. The van der Waals surface area contributed by atoms with Gasteiger partial charge in [0.25, 0.3) is 0 Å². The maximum absolute atomic E-state index is 5.21. The molecule has 0 aromatic heterocycles. The average Bonchev–Trinajstić information content (AvgIpc) is 2.10. The quantitative estimate of drug-likeness (QED) is 0.491. The number of nitrogens with two attached hydrogens (primary N) is 1. The molecule has 0 aliphatic rings. The Balaban J connectivity index is 2.73. The third-order valence-corrected chi connectivity index (χ3v) is 2.55. The minimum atomic E-state index is 0.162. The maximum atomic E-state index is 5.21. The summed E-state index contributed by atoms with van der Waals surface area (Å²) in [5.41, 5.74) is 9.86. The molecule has 0 aliphatic heterocycles. The highest BCUT2D eigenvalue weighted by atomic mass is 79.9. The van der Waals surface area contributed by atoms with Crippen molar-refractivity contribution in [3.05, 3.63) is 33.8 Å². The molecule has 0 atom stereocenters. The van der Waals surface area contributed by atoms with Crippen LogP contribution in [0.2, 0.25) is 0 Å². The summed E-state index contributed by atoms with van der Waals surface area (Å²) >= 11 is 8.02. The molecule has 0 saturated carbocycles. The van der Waals surface area contributed by atoms with Gasteiger partial charge in [0, 0.05) is 4.47 Å². The Kier molecular flexibility index (Phi) is 4.03. The number of thiocarbonyl (C=S) groups is 1. The summed E-state index contributed by atoms with van der Waals surface area (Å²) in [6, 6.07) is 5.92. The molecule has 1 rings (SSSR count). The van der Waals surface area contributed by atoms with Crippen LogP contribution < -0.4 is 11.2 Å². The van der Waals surface area contributed by atoms with Crippen molar-refractivity contribution in [1.29, 1.82) is 0 Å². The van der Waals surface area contributed by atoms with Gasteiger partial charge in [-0.1, -0.05) is 22.0 Å². The molecule has 14 heavy (non-hydrogen) atoms. The fourth-order valence-electron chi connectivity index (χ4n) is 0.919. The number of hydrogen-bond donors (Lipinski definition) is 2. The van der Waals surface area contributed by atoms with Gasteiger partial charge in [-0.2, -0.15) is 5.10 Å². The van der Waals surface area contributed by atoms with E-state index in [9.17, 15) is 0 Å². The van der Waals surface area contributed by atoms with E-state index in [0.29, 0.717) is 0 Å². The lowest BCUT2D eigenvalue weighted by Gasteiger charge is -1.99. The van der Waals surface area contributed by atoms with Crippen LogP contribution in [0.3, 0.4) is 0 Å². The van der Waals surface area contributed by atoms with E-state index in [2.05, 4.69) is 38.7 Å². The Labute approximate surface area is 96.5 Å². The Hall–Kier alpha value is -0.940. The number of rotatable bonds is 2. The number of nitrogens with zero attached hydrogens (tertiary/aromatic N) is 1. The van der Waals surface area contributed by atoms with E-state index in [-0.39, 0.29) is 5.11 Å². The second-order valence-corrected chi connectivity index (χ2v) is 4.04. The van der Waals surface area contributed by atoms with Crippen molar-refractivity contribution in [3.63, 3.8) is 0 Å². The molecule has 0 heterocycles. The number of nitrogens with one attached hydrogen (secondary N) is 1. The zero-order valence-corrected chi connectivity index (χ0v) is 10.0. The van der Waals surface area contributed by atoms with E-state index >= 15 is 0 Å². The summed E-state index contributed by atoms with van der Waals surface area (Å²) in [5.74, 6) is 0. The van der Waals surface area contributed by atoms with Crippen LogP contribution in [0, 0.1) is 6.92 Å². The van der Waals surface area contributed by atoms with Crippen LogP contribution in [-0.4, -0.2) is 11.3 Å². The smallest absolute Gasteiger partial charge is 0.184 e. The van der Waals surface area contributed by atoms with Crippen LogP contribution >= 0.6 is 28.1 Å². The van der Waals surface area contributed by atoms with Gasteiger partial charge < -0.3 is 5.73 Å². The molecule has 0 unspecified atom stereocenters. The van der Waals surface area contributed by atoms with Crippen molar-refractivity contribution in [2.45, 2.75) is 6.92 Å². The van der Waals surface area contributed by atoms with Crippen LogP contribution in [0.15, 0.2) is 27.8 Å². The van der Waals surface area contributed by atoms with Crippen molar-refractivity contribution >= 4 is 39.5 Å². The van der Waals surface area contributed by atoms with E-state index in [1.54, 1.807) is 6.21 Å². The van der Waals surface area contributed by atoms with Crippen LogP contribution in [0.1, 0.15) is 11.1 Å². The largest absolute Gasteiger partial charge is 0.375 e. The predicted molar refractivity (Wildman–Crippen MR) is 66.4 cm³/mol. The molecule has 1 aromatic rings. The zero-order valence-electron chi connectivity index (χ0n) is 7.62. The van der Waals surface area contributed by atoms with Gasteiger partial charge in [0.2, 0.25) is 0 Å². The fourth-order valence-corrected chi connectivity index (χ4v) is 1.22. The number of aryl methyl sites for hydroxylation is 1. The van der Waals surface area contributed by atoms with Crippen LogP contribution in [-0.2, 0) is 0 Å². The average molecular weight is 272 g/mol. The summed E-state index contributed by atoms with van der Waals surface area (Å²) < 4.78 is 1.08. The van der Waals surface area contributed by atoms with Gasteiger partial charge >= 0.3 is 0 Å². The molecule has 0 saturated heterocycles. The summed E-state index contributed by atoms with van der Waals surface area (Å²) in [6.45, 7) is 2.02. The molecule has 74 valence electrons. The van der Waals surface area contributed by atoms with Gasteiger partial charge in [0.15, 0.2) is 5.11 Å². The summed E-state index contributed by atoms with van der Waals surface area (Å²) in [5, 5.41) is 4.02. The molecular formula is C9H10BrN3S. The SMILES string of the molecule is Cc1cc(C=NNC(N)=S)ccc1Br. The van der Waals surface area contributed by atoms with E-state index in [1.807, 2.05) is 25.1 Å².